The fourth-order valence-corrected chi connectivity index (χ4v) is 7.78. The molecule has 0 spiro atoms. The lowest BCUT2D eigenvalue weighted by atomic mass is 9.76. The van der Waals surface area contributed by atoms with E-state index in [0.29, 0.717) is 40.9 Å². The molecule has 2 bridgehead atoms. The van der Waals surface area contributed by atoms with Crippen LogP contribution in [0.3, 0.4) is 0 Å². The molecule has 0 saturated carbocycles. The van der Waals surface area contributed by atoms with Crippen molar-refractivity contribution in [3.8, 4) is 46.0 Å². The SMILES string of the molecule is COc1cc2c(cc1O)[C@@H]1Cc3c(cc(OC)c(OC)c3Oc3cc4c(cc3OC)CCN(C)[C@H]4Cc3ccc(O)cc3)[C@H](C2)N1C. The fourth-order valence-electron chi connectivity index (χ4n) is 7.78. The van der Waals surface area contributed by atoms with E-state index >= 15 is 0 Å². The molecular formula is C38H42N2O7. The second kappa shape index (κ2) is 12.2. The fraction of sp³-hybridized carbons (Fsp3) is 0.368. The van der Waals surface area contributed by atoms with E-state index in [1.807, 2.05) is 24.3 Å². The zero-order chi connectivity index (χ0) is 33.0. The predicted molar refractivity (Wildman–Crippen MR) is 179 cm³/mol. The number of aromatic hydroxyl groups is 2. The normalized spacial score (nSPS) is 20.1. The summed E-state index contributed by atoms with van der Waals surface area (Å²) < 4.78 is 30.2. The Morgan fingerprint density at radius 3 is 2.06 bits per heavy atom. The molecule has 9 nitrogen and oxygen atoms in total. The van der Waals surface area contributed by atoms with E-state index in [-0.39, 0.29) is 29.6 Å². The Hall–Kier alpha value is -4.60. The van der Waals surface area contributed by atoms with Crippen molar-refractivity contribution in [3.05, 3.63) is 93.5 Å². The van der Waals surface area contributed by atoms with Crippen LogP contribution >= 0.6 is 0 Å². The lowest BCUT2D eigenvalue weighted by Crippen LogP contribution is -2.40. The maximum atomic E-state index is 10.7. The van der Waals surface area contributed by atoms with Gasteiger partial charge in [0.1, 0.15) is 5.75 Å². The van der Waals surface area contributed by atoms with Gasteiger partial charge < -0.3 is 33.9 Å². The predicted octanol–water partition coefficient (Wildman–Crippen LogP) is 6.52. The van der Waals surface area contributed by atoms with E-state index in [4.69, 9.17) is 23.7 Å². The van der Waals surface area contributed by atoms with Gasteiger partial charge in [0.05, 0.1) is 28.4 Å². The van der Waals surface area contributed by atoms with Gasteiger partial charge in [-0.1, -0.05) is 12.1 Å². The lowest BCUT2D eigenvalue weighted by Gasteiger charge is -2.46. The standard InChI is InChI=1S/C38H42N2O7/c1-39-12-11-22-15-34(44-4)35(19-26(22)29(39)13-21-7-9-24(41)10-8-21)47-37-28-17-31-25-18-32(42)33(43-3)16-23(25)14-30(40(31)2)27(28)20-36(45-5)38(37)46-6/h7-10,15-16,18-20,29-31,41-42H,11-14,17H2,1-6H3/t29-,30-,31-/m0/s1. The summed E-state index contributed by atoms with van der Waals surface area (Å²) in [6.07, 6.45) is 3.09. The summed E-state index contributed by atoms with van der Waals surface area (Å²) in [5, 5.41) is 20.6. The van der Waals surface area contributed by atoms with Crippen molar-refractivity contribution in [2.75, 3.05) is 49.1 Å². The summed E-state index contributed by atoms with van der Waals surface area (Å²) in [4.78, 5) is 4.74. The Kier molecular flexibility index (Phi) is 8.06. The van der Waals surface area contributed by atoms with Crippen LogP contribution in [0.25, 0.3) is 0 Å². The largest absolute Gasteiger partial charge is 0.508 e. The number of fused-ring (bicyclic) bond motifs is 7. The molecule has 3 atom stereocenters. The molecule has 3 aliphatic heterocycles. The van der Waals surface area contributed by atoms with Gasteiger partial charge in [-0.3, -0.25) is 9.80 Å². The first-order valence-corrected chi connectivity index (χ1v) is 16.0. The van der Waals surface area contributed by atoms with Crippen molar-refractivity contribution in [3.63, 3.8) is 0 Å². The zero-order valence-corrected chi connectivity index (χ0v) is 27.8. The third-order valence-corrected chi connectivity index (χ3v) is 10.3. The van der Waals surface area contributed by atoms with Crippen LogP contribution < -0.4 is 23.7 Å². The molecule has 2 N–H and O–H groups in total. The minimum atomic E-state index is 0.0160. The summed E-state index contributed by atoms with van der Waals surface area (Å²) >= 11 is 0. The summed E-state index contributed by atoms with van der Waals surface area (Å²) in [5.41, 5.74) is 7.99. The first kappa shape index (κ1) is 31.0. The summed E-state index contributed by atoms with van der Waals surface area (Å²) in [6.45, 7) is 0.926. The Balaban J connectivity index is 1.33. The number of ether oxygens (including phenoxy) is 5. The molecule has 0 unspecified atom stereocenters. The summed E-state index contributed by atoms with van der Waals surface area (Å²) in [5.74, 6) is 3.90. The van der Waals surface area contributed by atoms with Gasteiger partial charge in [0.15, 0.2) is 34.5 Å². The van der Waals surface area contributed by atoms with E-state index in [2.05, 4.69) is 42.1 Å². The second-order valence-electron chi connectivity index (χ2n) is 12.8. The number of methoxy groups -OCH3 is 4. The number of rotatable bonds is 8. The molecule has 7 rings (SSSR count). The molecule has 0 aliphatic carbocycles. The van der Waals surface area contributed by atoms with Crippen LogP contribution in [0.5, 0.6) is 46.0 Å². The number of hydrogen-bond acceptors (Lipinski definition) is 9. The highest BCUT2D eigenvalue weighted by atomic mass is 16.5. The van der Waals surface area contributed by atoms with Crippen LogP contribution in [0.4, 0.5) is 0 Å². The lowest BCUT2D eigenvalue weighted by molar-refractivity contribution is 0.135. The molecule has 0 aromatic heterocycles. The van der Waals surface area contributed by atoms with Gasteiger partial charge in [-0.25, -0.2) is 0 Å². The third kappa shape index (κ3) is 5.27. The average Bonchev–Trinajstić information content (AvgIpc) is 3.07. The summed E-state index contributed by atoms with van der Waals surface area (Å²) in [6, 6.07) is 17.7. The zero-order valence-electron chi connectivity index (χ0n) is 27.8. The van der Waals surface area contributed by atoms with Crippen molar-refractivity contribution < 1.29 is 33.9 Å². The molecule has 4 aromatic carbocycles. The van der Waals surface area contributed by atoms with E-state index in [0.717, 1.165) is 53.6 Å². The van der Waals surface area contributed by atoms with Gasteiger partial charge in [0.25, 0.3) is 0 Å². The monoisotopic (exact) mass is 638 g/mol. The molecule has 9 heteroatoms. The van der Waals surface area contributed by atoms with Gasteiger partial charge >= 0.3 is 0 Å². The van der Waals surface area contributed by atoms with E-state index < -0.39 is 0 Å². The van der Waals surface area contributed by atoms with Crippen molar-refractivity contribution in [1.29, 1.82) is 0 Å². The summed E-state index contributed by atoms with van der Waals surface area (Å²) in [7, 11) is 10.8. The van der Waals surface area contributed by atoms with Gasteiger partial charge in [0, 0.05) is 30.2 Å². The van der Waals surface area contributed by atoms with Crippen LogP contribution in [0.15, 0.2) is 54.6 Å². The van der Waals surface area contributed by atoms with Gasteiger partial charge in [-0.15, -0.1) is 0 Å². The third-order valence-electron chi connectivity index (χ3n) is 10.3. The van der Waals surface area contributed by atoms with Crippen LogP contribution in [0.2, 0.25) is 0 Å². The van der Waals surface area contributed by atoms with Crippen molar-refractivity contribution >= 4 is 0 Å². The van der Waals surface area contributed by atoms with Gasteiger partial charge in [-0.2, -0.15) is 0 Å². The molecule has 0 saturated heterocycles. The quantitative estimate of drug-likeness (QED) is 0.224. The highest BCUT2D eigenvalue weighted by Crippen LogP contribution is 2.55. The van der Waals surface area contributed by atoms with E-state index in [1.54, 1.807) is 40.6 Å². The Labute approximate surface area is 275 Å². The minimum absolute atomic E-state index is 0.0160. The number of phenols is 2. The van der Waals surface area contributed by atoms with Crippen molar-refractivity contribution in [2.24, 2.45) is 0 Å². The first-order valence-electron chi connectivity index (χ1n) is 16.0. The molecule has 0 fully saturated rings. The van der Waals surface area contributed by atoms with E-state index in [1.165, 1.54) is 11.1 Å². The Morgan fingerprint density at radius 1 is 0.681 bits per heavy atom. The highest BCUT2D eigenvalue weighted by molar-refractivity contribution is 5.64. The van der Waals surface area contributed by atoms with Gasteiger partial charge in [0.2, 0.25) is 5.75 Å². The molecule has 0 amide bonds. The maximum Gasteiger partial charge on any atom is 0.204 e. The average molecular weight is 639 g/mol. The maximum absolute atomic E-state index is 10.7. The topological polar surface area (TPSA) is 93.1 Å². The molecular weight excluding hydrogens is 596 g/mol. The van der Waals surface area contributed by atoms with Crippen LogP contribution in [-0.4, -0.2) is 69.1 Å². The smallest absolute Gasteiger partial charge is 0.204 e. The second-order valence-corrected chi connectivity index (χ2v) is 12.8. The molecule has 3 heterocycles. The van der Waals surface area contributed by atoms with Crippen LogP contribution in [-0.2, 0) is 25.7 Å². The molecule has 47 heavy (non-hydrogen) atoms. The van der Waals surface area contributed by atoms with Gasteiger partial charge in [-0.05, 0) is 116 Å². The first-order chi connectivity index (χ1) is 22.7. The number of benzene rings is 4. The number of likely N-dealkylation sites (N-methyl/N-ethyl adjacent to an activating group) is 2. The molecule has 246 valence electrons. The number of hydrogen-bond donors (Lipinski definition) is 2. The van der Waals surface area contributed by atoms with Crippen LogP contribution in [0.1, 0.15) is 57.1 Å². The molecule has 3 aliphatic rings. The van der Waals surface area contributed by atoms with Crippen LogP contribution in [0, 0.1) is 0 Å². The molecule has 4 aromatic rings. The minimum Gasteiger partial charge on any atom is -0.508 e. The Morgan fingerprint density at radius 2 is 1.36 bits per heavy atom. The van der Waals surface area contributed by atoms with Crippen molar-refractivity contribution in [1.82, 2.24) is 9.80 Å². The van der Waals surface area contributed by atoms with Crippen molar-refractivity contribution in [2.45, 2.75) is 43.8 Å². The molecule has 0 radical (unpaired) electrons. The number of phenolic OH excluding ortho intramolecular Hbond substituents is 2. The number of nitrogens with zero attached hydrogens (tertiary/aromatic N) is 2. The Bertz CT molecular complexity index is 1820. The van der Waals surface area contributed by atoms with E-state index in [9.17, 15) is 10.2 Å². The highest BCUT2D eigenvalue weighted by Gasteiger charge is 2.42.